The molecule has 0 amide bonds. The molecular formula is C17H26IN5O. The number of nitrogens with zero attached hydrogens (tertiary/aromatic N) is 3. The predicted molar refractivity (Wildman–Crippen MR) is 108 cm³/mol. The van der Waals surface area contributed by atoms with Gasteiger partial charge in [-0.15, -0.1) is 24.0 Å². The van der Waals surface area contributed by atoms with E-state index in [1.165, 1.54) is 0 Å². The van der Waals surface area contributed by atoms with Crippen LogP contribution in [0.25, 0.3) is 0 Å². The van der Waals surface area contributed by atoms with E-state index >= 15 is 0 Å². The Morgan fingerprint density at radius 3 is 2.79 bits per heavy atom. The van der Waals surface area contributed by atoms with Gasteiger partial charge in [-0.1, -0.05) is 18.2 Å². The lowest BCUT2D eigenvalue weighted by atomic mass is 10.2. The smallest absolute Gasteiger partial charge is 0.191 e. The van der Waals surface area contributed by atoms with Gasteiger partial charge in [0.15, 0.2) is 5.96 Å². The monoisotopic (exact) mass is 443 g/mol. The number of para-hydroxylation sites is 1. The maximum Gasteiger partial charge on any atom is 0.191 e. The molecular weight excluding hydrogens is 417 g/mol. The fourth-order valence-corrected chi connectivity index (χ4v) is 2.23. The number of hydrogen-bond donors (Lipinski definition) is 2. The molecule has 2 rings (SSSR count). The van der Waals surface area contributed by atoms with Crippen molar-refractivity contribution in [2.24, 2.45) is 4.99 Å². The molecule has 24 heavy (non-hydrogen) atoms. The van der Waals surface area contributed by atoms with Crippen LogP contribution in [-0.4, -0.2) is 35.9 Å². The Morgan fingerprint density at radius 1 is 1.25 bits per heavy atom. The molecule has 0 spiro atoms. The largest absolute Gasteiger partial charge is 0.494 e. The van der Waals surface area contributed by atoms with Crippen molar-refractivity contribution < 1.29 is 4.74 Å². The van der Waals surface area contributed by atoms with Crippen molar-refractivity contribution in [2.75, 3.05) is 20.2 Å². The van der Waals surface area contributed by atoms with E-state index in [-0.39, 0.29) is 24.0 Å². The summed E-state index contributed by atoms with van der Waals surface area (Å²) in [4.78, 5) is 4.24. The van der Waals surface area contributed by atoms with E-state index in [4.69, 9.17) is 4.74 Å². The zero-order chi connectivity index (χ0) is 16.3. The molecule has 0 atom stereocenters. The van der Waals surface area contributed by atoms with Crippen molar-refractivity contribution >= 4 is 29.9 Å². The van der Waals surface area contributed by atoms with Crippen LogP contribution in [0.4, 0.5) is 0 Å². The highest BCUT2D eigenvalue weighted by Crippen LogP contribution is 2.17. The lowest BCUT2D eigenvalue weighted by Crippen LogP contribution is -2.37. The fourth-order valence-electron chi connectivity index (χ4n) is 2.23. The number of benzene rings is 1. The molecule has 0 radical (unpaired) electrons. The number of halogens is 1. The minimum Gasteiger partial charge on any atom is -0.494 e. The second kappa shape index (κ2) is 11.7. The highest BCUT2D eigenvalue weighted by atomic mass is 127. The molecule has 1 aromatic carbocycles. The van der Waals surface area contributed by atoms with Crippen LogP contribution in [0, 0.1) is 0 Å². The van der Waals surface area contributed by atoms with Crippen LogP contribution in [0.15, 0.2) is 47.7 Å². The molecule has 132 valence electrons. The first-order valence-corrected chi connectivity index (χ1v) is 7.96. The van der Waals surface area contributed by atoms with Crippen molar-refractivity contribution in [3.63, 3.8) is 0 Å². The van der Waals surface area contributed by atoms with E-state index in [9.17, 15) is 0 Å². The summed E-state index contributed by atoms with van der Waals surface area (Å²) in [5.74, 6) is 1.70. The third kappa shape index (κ3) is 6.77. The zero-order valence-corrected chi connectivity index (χ0v) is 16.6. The van der Waals surface area contributed by atoms with Crippen LogP contribution in [0.1, 0.15) is 18.9 Å². The molecule has 0 saturated heterocycles. The summed E-state index contributed by atoms with van der Waals surface area (Å²) >= 11 is 0. The van der Waals surface area contributed by atoms with E-state index in [2.05, 4.69) is 26.8 Å². The van der Waals surface area contributed by atoms with Gasteiger partial charge in [-0.2, -0.15) is 5.10 Å². The van der Waals surface area contributed by atoms with E-state index < -0.39 is 0 Å². The molecule has 0 bridgehead atoms. The Labute approximate surface area is 160 Å². The normalized spacial score (nSPS) is 10.8. The number of guanidine groups is 1. The van der Waals surface area contributed by atoms with E-state index in [0.717, 1.165) is 36.8 Å². The predicted octanol–water partition coefficient (Wildman–Crippen LogP) is 2.66. The number of aryl methyl sites for hydroxylation is 1. The van der Waals surface area contributed by atoms with Crippen LogP contribution in [0.5, 0.6) is 5.75 Å². The Hall–Kier alpha value is -1.77. The van der Waals surface area contributed by atoms with Gasteiger partial charge in [0.05, 0.1) is 6.61 Å². The van der Waals surface area contributed by atoms with Crippen LogP contribution < -0.4 is 15.4 Å². The summed E-state index contributed by atoms with van der Waals surface area (Å²) in [5.41, 5.74) is 1.12. The third-order valence-electron chi connectivity index (χ3n) is 3.36. The molecule has 2 aromatic rings. The van der Waals surface area contributed by atoms with E-state index in [1.807, 2.05) is 42.1 Å². The van der Waals surface area contributed by atoms with Gasteiger partial charge in [-0.05, 0) is 25.5 Å². The van der Waals surface area contributed by atoms with Crippen molar-refractivity contribution in [3.8, 4) is 5.75 Å². The Kier molecular flexibility index (Phi) is 9.90. The number of ether oxygens (including phenoxy) is 1. The quantitative estimate of drug-likeness (QED) is 0.285. The van der Waals surface area contributed by atoms with Crippen LogP contribution in [0.3, 0.4) is 0 Å². The third-order valence-corrected chi connectivity index (χ3v) is 3.36. The highest BCUT2D eigenvalue weighted by Gasteiger charge is 2.03. The molecule has 0 aliphatic heterocycles. The molecule has 2 N–H and O–H groups in total. The highest BCUT2D eigenvalue weighted by molar-refractivity contribution is 14.0. The lowest BCUT2D eigenvalue weighted by Gasteiger charge is -2.14. The SMILES string of the molecule is CCOc1ccccc1CNC(=NC)NCCCn1cccn1.I. The summed E-state index contributed by atoms with van der Waals surface area (Å²) in [5, 5.41) is 10.8. The summed E-state index contributed by atoms with van der Waals surface area (Å²) in [6, 6.07) is 9.98. The number of nitrogens with one attached hydrogen (secondary N) is 2. The molecule has 6 nitrogen and oxygen atoms in total. The zero-order valence-electron chi connectivity index (χ0n) is 14.2. The first-order chi connectivity index (χ1) is 11.3. The molecule has 0 aliphatic rings. The van der Waals surface area contributed by atoms with E-state index in [1.54, 1.807) is 13.2 Å². The van der Waals surface area contributed by atoms with Crippen LogP contribution in [-0.2, 0) is 13.1 Å². The fraction of sp³-hybridized carbons (Fsp3) is 0.412. The maximum absolute atomic E-state index is 5.63. The summed E-state index contributed by atoms with van der Waals surface area (Å²) in [6.45, 7) is 5.06. The van der Waals surface area contributed by atoms with Gasteiger partial charge < -0.3 is 15.4 Å². The Bertz CT molecular complexity index is 601. The van der Waals surface area contributed by atoms with Gasteiger partial charge in [-0.3, -0.25) is 9.67 Å². The first-order valence-electron chi connectivity index (χ1n) is 7.96. The topological polar surface area (TPSA) is 63.5 Å². The molecule has 1 heterocycles. The molecule has 0 aliphatic carbocycles. The van der Waals surface area contributed by atoms with Crippen LogP contribution >= 0.6 is 24.0 Å². The van der Waals surface area contributed by atoms with Crippen LogP contribution in [0.2, 0.25) is 0 Å². The number of hydrogen-bond acceptors (Lipinski definition) is 3. The van der Waals surface area contributed by atoms with Gasteiger partial charge in [0, 0.05) is 44.6 Å². The average Bonchev–Trinajstić information content (AvgIpc) is 3.09. The number of aliphatic imine (C=N–C) groups is 1. The maximum atomic E-state index is 5.63. The van der Waals surface area contributed by atoms with Gasteiger partial charge in [0.25, 0.3) is 0 Å². The van der Waals surface area contributed by atoms with Crippen molar-refractivity contribution in [2.45, 2.75) is 26.4 Å². The Balaban J connectivity index is 0.00000288. The average molecular weight is 443 g/mol. The molecule has 0 unspecified atom stereocenters. The first kappa shape index (κ1) is 20.3. The molecule has 1 aromatic heterocycles. The van der Waals surface area contributed by atoms with Gasteiger partial charge in [0.2, 0.25) is 0 Å². The summed E-state index contributed by atoms with van der Waals surface area (Å²) in [6.07, 6.45) is 4.75. The van der Waals surface area contributed by atoms with Crippen molar-refractivity contribution in [1.82, 2.24) is 20.4 Å². The Morgan fingerprint density at radius 2 is 2.08 bits per heavy atom. The van der Waals surface area contributed by atoms with Crippen molar-refractivity contribution in [3.05, 3.63) is 48.3 Å². The minimum atomic E-state index is 0. The standard InChI is InChI=1S/C17H25N5O.HI/c1-3-23-16-9-5-4-8-15(16)14-20-17(18-2)19-10-6-12-22-13-7-11-21-22;/h4-5,7-9,11,13H,3,6,10,12,14H2,1-2H3,(H2,18,19,20);1H. The van der Waals surface area contributed by atoms with E-state index in [0.29, 0.717) is 13.2 Å². The van der Waals surface area contributed by atoms with Gasteiger partial charge in [-0.25, -0.2) is 0 Å². The van der Waals surface area contributed by atoms with Gasteiger partial charge >= 0.3 is 0 Å². The summed E-state index contributed by atoms with van der Waals surface area (Å²) in [7, 11) is 1.78. The minimum absolute atomic E-state index is 0. The molecule has 7 heteroatoms. The second-order valence-corrected chi connectivity index (χ2v) is 5.02. The molecule has 0 fully saturated rings. The molecule has 0 saturated carbocycles. The van der Waals surface area contributed by atoms with Gasteiger partial charge in [0.1, 0.15) is 5.75 Å². The summed E-state index contributed by atoms with van der Waals surface area (Å²) < 4.78 is 7.56. The number of aromatic nitrogens is 2. The lowest BCUT2D eigenvalue weighted by molar-refractivity contribution is 0.336. The second-order valence-electron chi connectivity index (χ2n) is 5.02. The van der Waals surface area contributed by atoms with Crippen molar-refractivity contribution in [1.29, 1.82) is 0 Å². The number of rotatable bonds is 8.